The number of H-pyrrole nitrogens is 1. The van der Waals surface area contributed by atoms with Crippen LogP contribution in [0.5, 0.6) is 0 Å². The van der Waals surface area contributed by atoms with Gasteiger partial charge in [0.1, 0.15) is 18.1 Å². The summed E-state index contributed by atoms with van der Waals surface area (Å²) in [4.78, 5) is 32.2. The number of carbonyl (C=O) groups excluding carboxylic acids is 1. The van der Waals surface area contributed by atoms with E-state index >= 15 is 0 Å². The monoisotopic (exact) mass is 360 g/mol. The first-order valence-electron chi connectivity index (χ1n) is 8.93. The number of hydrogen-bond acceptors (Lipinski definition) is 7. The Hall–Kier alpha value is -2.33. The lowest BCUT2D eigenvalue weighted by atomic mass is 10.0. The smallest absolute Gasteiger partial charge is 0.258 e. The molecule has 26 heavy (non-hydrogen) atoms. The van der Waals surface area contributed by atoms with Gasteiger partial charge in [0.2, 0.25) is 0 Å². The van der Waals surface area contributed by atoms with Crippen molar-refractivity contribution in [3.63, 3.8) is 0 Å². The zero-order chi connectivity index (χ0) is 17.8. The van der Waals surface area contributed by atoms with E-state index in [9.17, 15) is 9.18 Å². The van der Waals surface area contributed by atoms with Gasteiger partial charge in [-0.2, -0.15) is 0 Å². The van der Waals surface area contributed by atoms with Crippen LogP contribution < -0.4 is 15.5 Å². The molecule has 0 bridgehead atoms. The van der Waals surface area contributed by atoms with E-state index in [4.69, 9.17) is 0 Å². The van der Waals surface area contributed by atoms with Crippen molar-refractivity contribution in [2.45, 2.75) is 25.4 Å². The lowest BCUT2D eigenvalue weighted by Crippen LogP contribution is -2.67. The SMILES string of the molecule is CC1NC(N2CC3CN(c4ncnc5nc[nH]c45)CC3C2)NC(=O)C1F. The number of imidazole rings is 1. The zero-order valence-corrected chi connectivity index (χ0v) is 14.4. The van der Waals surface area contributed by atoms with Crippen LogP contribution >= 0.6 is 0 Å². The van der Waals surface area contributed by atoms with Crippen LogP contribution in [0.3, 0.4) is 0 Å². The summed E-state index contributed by atoms with van der Waals surface area (Å²) in [5.74, 6) is 1.34. The molecule has 5 heterocycles. The van der Waals surface area contributed by atoms with Crippen LogP contribution in [0.4, 0.5) is 10.2 Å². The fourth-order valence-electron chi connectivity index (χ4n) is 4.42. The first-order valence-corrected chi connectivity index (χ1v) is 8.93. The van der Waals surface area contributed by atoms with Gasteiger partial charge in [0.15, 0.2) is 17.6 Å². The molecule has 138 valence electrons. The van der Waals surface area contributed by atoms with Crippen LogP contribution in [-0.4, -0.2) is 75.4 Å². The van der Waals surface area contributed by atoms with Crippen LogP contribution in [0.25, 0.3) is 11.2 Å². The van der Waals surface area contributed by atoms with Crippen molar-refractivity contribution in [1.82, 2.24) is 35.5 Å². The van der Waals surface area contributed by atoms with E-state index in [2.05, 4.69) is 40.4 Å². The minimum atomic E-state index is -1.49. The Labute approximate surface area is 149 Å². The number of likely N-dealkylation sites (tertiary alicyclic amines) is 1. The molecular formula is C16H21FN8O. The van der Waals surface area contributed by atoms with Gasteiger partial charge in [-0.15, -0.1) is 0 Å². The highest BCUT2D eigenvalue weighted by atomic mass is 19.1. The van der Waals surface area contributed by atoms with Gasteiger partial charge in [0.25, 0.3) is 5.91 Å². The molecule has 9 nitrogen and oxygen atoms in total. The summed E-state index contributed by atoms with van der Waals surface area (Å²) in [5.41, 5.74) is 1.55. The molecule has 1 amide bonds. The fourth-order valence-corrected chi connectivity index (χ4v) is 4.42. The van der Waals surface area contributed by atoms with Gasteiger partial charge in [-0.1, -0.05) is 0 Å². The highest BCUT2D eigenvalue weighted by Gasteiger charge is 2.45. The molecule has 5 atom stereocenters. The molecule has 0 radical (unpaired) electrons. The summed E-state index contributed by atoms with van der Waals surface area (Å²) in [5, 5.41) is 5.91. The van der Waals surface area contributed by atoms with Gasteiger partial charge in [0.05, 0.1) is 6.33 Å². The molecule has 0 aromatic carbocycles. The number of halogens is 1. The number of alkyl halides is 1. The average molecular weight is 360 g/mol. The predicted molar refractivity (Wildman–Crippen MR) is 91.9 cm³/mol. The van der Waals surface area contributed by atoms with Crippen molar-refractivity contribution in [3.05, 3.63) is 12.7 Å². The van der Waals surface area contributed by atoms with Gasteiger partial charge in [-0.05, 0) is 18.8 Å². The Kier molecular flexibility index (Phi) is 3.57. The van der Waals surface area contributed by atoms with Crippen molar-refractivity contribution in [1.29, 1.82) is 0 Å². The van der Waals surface area contributed by atoms with E-state index in [1.807, 2.05) is 0 Å². The van der Waals surface area contributed by atoms with Crippen LogP contribution in [0.2, 0.25) is 0 Å². The molecule has 3 N–H and O–H groups in total. The van der Waals surface area contributed by atoms with E-state index in [0.717, 1.165) is 37.5 Å². The molecule has 3 saturated heterocycles. The number of carbonyl (C=O) groups is 1. The first kappa shape index (κ1) is 15.9. The molecule has 3 aliphatic heterocycles. The number of rotatable bonds is 2. The quantitative estimate of drug-likeness (QED) is 0.660. The van der Waals surface area contributed by atoms with Crippen LogP contribution in [0.15, 0.2) is 12.7 Å². The van der Waals surface area contributed by atoms with E-state index in [-0.39, 0.29) is 6.29 Å². The van der Waals surface area contributed by atoms with Gasteiger partial charge in [-0.25, -0.2) is 19.3 Å². The van der Waals surface area contributed by atoms with Crippen LogP contribution in [0, 0.1) is 11.8 Å². The summed E-state index contributed by atoms with van der Waals surface area (Å²) in [6.07, 6.45) is 1.41. The topological polar surface area (TPSA) is 102 Å². The molecule has 0 spiro atoms. The second kappa shape index (κ2) is 5.85. The van der Waals surface area contributed by atoms with Gasteiger partial charge >= 0.3 is 0 Å². The Bertz CT molecular complexity index is 829. The number of anilines is 1. The van der Waals surface area contributed by atoms with Crippen molar-refractivity contribution in [3.8, 4) is 0 Å². The third-order valence-electron chi connectivity index (χ3n) is 5.77. The number of hydrogen-bond donors (Lipinski definition) is 3. The number of fused-ring (bicyclic) bond motifs is 2. The Morgan fingerprint density at radius 1 is 1.15 bits per heavy atom. The largest absolute Gasteiger partial charge is 0.354 e. The number of nitrogens with one attached hydrogen (secondary N) is 3. The molecule has 5 unspecified atom stereocenters. The maximum Gasteiger partial charge on any atom is 0.258 e. The normalized spacial score (nSPS) is 35.1. The van der Waals surface area contributed by atoms with Crippen molar-refractivity contribution < 1.29 is 9.18 Å². The van der Waals surface area contributed by atoms with Gasteiger partial charge < -0.3 is 15.2 Å². The molecule has 3 aliphatic rings. The second-order valence-corrected chi connectivity index (χ2v) is 7.45. The summed E-state index contributed by atoms with van der Waals surface area (Å²) < 4.78 is 13.7. The number of amides is 1. The van der Waals surface area contributed by atoms with Crippen molar-refractivity contribution in [2.75, 3.05) is 31.1 Å². The maximum atomic E-state index is 13.7. The standard InChI is InChI=1S/C16H21FN8O/c1-8-11(17)15(26)23-16(22-8)25-4-9-2-24(3-10(9)5-25)14-12-13(19-6-18-12)20-7-21-14/h6-11,16,22H,2-5H2,1H3,(H,23,26)(H,18,19,20,21). The number of aromatic amines is 1. The molecule has 3 fully saturated rings. The highest BCUT2D eigenvalue weighted by molar-refractivity contribution is 5.83. The lowest BCUT2D eigenvalue weighted by Gasteiger charge is -2.37. The second-order valence-electron chi connectivity index (χ2n) is 7.45. The molecule has 2 aromatic rings. The average Bonchev–Trinajstić information content (AvgIpc) is 3.32. The fraction of sp³-hybridized carbons (Fsp3) is 0.625. The Morgan fingerprint density at radius 2 is 1.92 bits per heavy atom. The summed E-state index contributed by atoms with van der Waals surface area (Å²) in [6.45, 7) is 5.22. The molecule has 10 heteroatoms. The lowest BCUT2D eigenvalue weighted by molar-refractivity contribution is -0.133. The highest BCUT2D eigenvalue weighted by Crippen LogP contribution is 2.35. The summed E-state index contributed by atoms with van der Waals surface area (Å²) in [7, 11) is 0. The predicted octanol–water partition coefficient (Wildman–Crippen LogP) is -0.549. The minimum Gasteiger partial charge on any atom is -0.354 e. The van der Waals surface area contributed by atoms with Crippen molar-refractivity contribution >= 4 is 22.9 Å². The Morgan fingerprint density at radius 3 is 2.65 bits per heavy atom. The molecular weight excluding hydrogens is 339 g/mol. The number of nitrogens with zero attached hydrogens (tertiary/aromatic N) is 5. The Balaban J connectivity index is 1.28. The van der Waals surface area contributed by atoms with Crippen molar-refractivity contribution in [2.24, 2.45) is 11.8 Å². The molecule has 0 aliphatic carbocycles. The third kappa shape index (κ3) is 2.43. The van der Waals surface area contributed by atoms with Crippen LogP contribution in [-0.2, 0) is 4.79 Å². The third-order valence-corrected chi connectivity index (χ3v) is 5.77. The van der Waals surface area contributed by atoms with Gasteiger partial charge in [0, 0.05) is 32.2 Å². The maximum absolute atomic E-state index is 13.7. The van der Waals surface area contributed by atoms with Crippen LogP contribution in [0.1, 0.15) is 6.92 Å². The minimum absolute atomic E-state index is 0.290. The first-order chi connectivity index (χ1) is 12.6. The van der Waals surface area contributed by atoms with E-state index in [1.165, 1.54) is 0 Å². The summed E-state index contributed by atoms with van der Waals surface area (Å²) >= 11 is 0. The molecule has 5 rings (SSSR count). The molecule has 0 saturated carbocycles. The van der Waals surface area contributed by atoms with Gasteiger partial charge in [-0.3, -0.25) is 15.0 Å². The molecule has 2 aromatic heterocycles. The number of aromatic nitrogens is 4. The summed E-state index contributed by atoms with van der Waals surface area (Å²) in [6, 6.07) is -0.472. The van der Waals surface area contributed by atoms with E-state index < -0.39 is 18.1 Å². The van der Waals surface area contributed by atoms with E-state index in [0.29, 0.717) is 17.5 Å². The zero-order valence-electron chi connectivity index (χ0n) is 14.4. The van der Waals surface area contributed by atoms with E-state index in [1.54, 1.807) is 19.6 Å².